The van der Waals surface area contributed by atoms with Crippen LogP contribution in [0.4, 0.5) is 5.69 Å². The van der Waals surface area contributed by atoms with Crippen LogP contribution in [0.5, 0.6) is 0 Å². The van der Waals surface area contributed by atoms with E-state index in [0.717, 1.165) is 10.9 Å². The van der Waals surface area contributed by atoms with Gasteiger partial charge in [-0.25, -0.2) is 0 Å². The molecule has 1 saturated carbocycles. The molecule has 1 fully saturated rings. The Morgan fingerprint density at radius 2 is 2.17 bits per heavy atom. The fraction of sp³-hybridized carbons (Fsp3) is 0.333. The molecule has 1 N–H and O–H groups in total. The minimum Gasteiger partial charge on any atom is -0.377 e. The van der Waals surface area contributed by atoms with Gasteiger partial charge >= 0.3 is 0 Å². The Bertz CT molecular complexity index is 531. The Kier molecular flexibility index (Phi) is 3.31. The molecule has 1 nitrogen and oxygen atoms in total. The van der Waals surface area contributed by atoms with E-state index in [9.17, 15) is 0 Å². The summed E-state index contributed by atoms with van der Waals surface area (Å²) in [4.78, 5) is 1.44. The number of anilines is 1. The van der Waals surface area contributed by atoms with Gasteiger partial charge in [0.15, 0.2) is 0 Å². The lowest BCUT2D eigenvalue weighted by Crippen LogP contribution is -2.12. The second-order valence-corrected chi connectivity index (χ2v) is 6.35. The number of halogens is 1. The van der Waals surface area contributed by atoms with E-state index in [-0.39, 0.29) is 0 Å². The monoisotopic (exact) mass is 277 g/mol. The van der Waals surface area contributed by atoms with Crippen LogP contribution >= 0.6 is 22.9 Å². The number of thiophene rings is 1. The van der Waals surface area contributed by atoms with E-state index < -0.39 is 0 Å². The molecule has 1 aliphatic carbocycles. The summed E-state index contributed by atoms with van der Waals surface area (Å²) >= 11 is 7.84. The molecule has 0 bridgehead atoms. The highest BCUT2D eigenvalue weighted by Crippen LogP contribution is 2.44. The molecule has 0 saturated heterocycles. The summed E-state index contributed by atoms with van der Waals surface area (Å²) in [6, 6.07) is 10.9. The number of benzene rings is 1. The molecule has 1 unspecified atom stereocenters. The molecule has 1 aromatic carbocycles. The van der Waals surface area contributed by atoms with Gasteiger partial charge in [0.2, 0.25) is 0 Å². The molecule has 18 heavy (non-hydrogen) atoms. The van der Waals surface area contributed by atoms with Crippen LogP contribution in [0.15, 0.2) is 35.7 Å². The maximum Gasteiger partial charge on any atom is 0.0634 e. The summed E-state index contributed by atoms with van der Waals surface area (Å²) in [7, 11) is 0. The highest BCUT2D eigenvalue weighted by atomic mass is 35.5. The minimum absolute atomic E-state index is 0.463. The SMILES string of the molecule is Cc1cc(Cl)ccc1NC(c1cccs1)C1CC1. The quantitative estimate of drug-likeness (QED) is 0.802. The van der Waals surface area contributed by atoms with Crippen LogP contribution in [0, 0.1) is 12.8 Å². The summed E-state index contributed by atoms with van der Waals surface area (Å²) in [5.41, 5.74) is 2.41. The zero-order valence-electron chi connectivity index (χ0n) is 10.3. The standard InChI is InChI=1S/C15H16ClNS/c1-10-9-12(16)6-7-13(10)17-15(11-4-5-11)14-3-2-8-18-14/h2-3,6-9,11,15,17H,4-5H2,1H3. The molecule has 3 heteroatoms. The Balaban J connectivity index is 1.84. The molecule has 94 valence electrons. The third-order valence-electron chi connectivity index (χ3n) is 3.44. The zero-order valence-corrected chi connectivity index (χ0v) is 11.9. The molecule has 0 radical (unpaired) electrons. The molecule has 1 aromatic heterocycles. The molecule has 1 atom stereocenters. The molecule has 2 aromatic rings. The topological polar surface area (TPSA) is 12.0 Å². The molecule has 0 spiro atoms. The van der Waals surface area contributed by atoms with E-state index in [0.29, 0.717) is 6.04 Å². The van der Waals surface area contributed by atoms with Gasteiger partial charge in [-0.05, 0) is 60.9 Å². The number of hydrogen-bond donors (Lipinski definition) is 1. The number of hydrogen-bond acceptors (Lipinski definition) is 2. The summed E-state index contributed by atoms with van der Waals surface area (Å²) in [5.74, 6) is 0.790. The third-order valence-corrected chi connectivity index (χ3v) is 4.63. The van der Waals surface area contributed by atoms with Crippen LogP contribution in [0.25, 0.3) is 0 Å². The van der Waals surface area contributed by atoms with Crippen LogP contribution in [0.3, 0.4) is 0 Å². The van der Waals surface area contributed by atoms with E-state index in [1.165, 1.54) is 29.0 Å². The lowest BCUT2D eigenvalue weighted by molar-refractivity contribution is 0.690. The van der Waals surface area contributed by atoms with Crippen LogP contribution in [0.2, 0.25) is 5.02 Å². The third kappa shape index (κ3) is 2.55. The summed E-state index contributed by atoms with van der Waals surface area (Å²) in [6.07, 6.45) is 2.67. The molecule has 0 amide bonds. The molecule has 1 aliphatic rings. The van der Waals surface area contributed by atoms with Gasteiger partial charge in [0.05, 0.1) is 6.04 Å². The van der Waals surface area contributed by atoms with Crippen LogP contribution in [-0.2, 0) is 0 Å². The summed E-state index contributed by atoms with van der Waals surface area (Å²) < 4.78 is 0. The van der Waals surface area contributed by atoms with E-state index in [1.807, 2.05) is 23.5 Å². The van der Waals surface area contributed by atoms with Crippen LogP contribution < -0.4 is 5.32 Å². The van der Waals surface area contributed by atoms with Crippen molar-refractivity contribution in [3.8, 4) is 0 Å². The van der Waals surface area contributed by atoms with Crippen molar-refractivity contribution in [1.82, 2.24) is 0 Å². The van der Waals surface area contributed by atoms with Gasteiger partial charge < -0.3 is 5.32 Å². The van der Waals surface area contributed by atoms with Gasteiger partial charge in [0.1, 0.15) is 0 Å². The normalized spacial score (nSPS) is 16.6. The predicted molar refractivity (Wildman–Crippen MR) is 79.6 cm³/mol. The van der Waals surface area contributed by atoms with E-state index in [2.05, 4.69) is 35.8 Å². The minimum atomic E-state index is 0.463. The van der Waals surface area contributed by atoms with Crippen molar-refractivity contribution in [3.63, 3.8) is 0 Å². The van der Waals surface area contributed by atoms with E-state index in [4.69, 9.17) is 11.6 Å². The van der Waals surface area contributed by atoms with Crippen molar-refractivity contribution in [3.05, 3.63) is 51.2 Å². The van der Waals surface area contributed by atoms with Gasteiger partial charge in [-0.3, -0.25) is 0 Å². The largest absolute Gasteiger partial charge is 0.377 e. The van der Waals surface area contributed by atoms with Crippen molar-refractivity contribution in [2.75, 3.05) is 5.32 Å². The summed E-state index contributed by atoms with van der Waals surface area (Å²) in [6.45, 7) is 2.10. The second-order valence-electron chi connectivity index (χ2n) is 4.93. The fourth-order valence-electron chi connectivity index (χ4n) is 2.28. The number of nitrogens with one attached hydrogen (secondary N) is 1. The fourth-order valence-corrected chi connectivity index (χ4v) is 3.37. The highest BCUT2D eigenvalue weighted by molar-refractivity contribution is 7.10. The van der Waals surface area contributed by atoms with E-state index >= 15 is 0 Å². The average molecular weight is 278 g/mol. The molecular formula is C15H16ClNS. The van der Waals surface area contributed by atoms with Crippen LogP contribution in [-0.4, -0.2) is 0 Å². The van der Waals surface area contributed by atoms with Crippen molar-refractivity contribution >= 4 is 28.6 Å². The maximum absolute atomic E-state index is 6.00. The zero-order chi connectivity index (χ0) is 12.5. The Hall–Kier alpha value is -0.990. The summed E-state index contributed by atoms with van der Waals surface area (Å²) in [5, 5.41) is 6.65. The first kappa shape index (κ1) is 12.1. The van der Waals surface area contributed by atoms with Crippen LogP contribution in [0.1, 0.15) is 29.3 Å². The average Bonchev–Trinajstić information content (AvgIpc) is 3.03. The van der Waals surface area contributed by atoms with Crippen molar-refractivity contribution in [1.29, 1.82) is 0 Å². The first-order chi connectivity index (χ1) is 8.74. The number of rotatable bonds is 4. The Labute approximate surface area is 117 Å². The lowest BCUT2D eigenvalue weighted by atomic mass is 10.1. The Morgan fingerprint density at radius 1 is 1.33 bits per heavy atom. The smallest absolute Gasteiger partial charge is 0.0634 e. The van der Waals surface area contributed by atoms with Gasteiger partial charge in [0.25, 0.3) is 0 Å². The van der Waals surface area contributed by atoms with Crippen molar-refractivity contribution in [2.24, 2.45) is 5.92 Å². The first-order valence-corrected chi connectivity index (χ1v) is 7.56. The van der Waals surface area contributed by atoms with Gasteiger partial charge in [0, 0.05) is 15.6 Å². The molecule has 1 heterocycles. The molecule has 0 aliphatic heterocycles. The first-order valence-electron chi connectivity index (χ1n) is 6.30. The van der Waals surface area contributed by atoms with Gasteiger partial charge in [-0.2, -0.15) is 0 Å². The van der Waals surface area contributed by atoms with Gasteiger partial charge in [-0.1, -0.05) is 17.7 Å². The predicted octanol–water partition coefficient (Wildman–Crippen LogP) is 5.27. The van der Waals surface area contributed by atoms with Gasteiger partial charge in [-0.15, -0.1) is 11.3 Å². The van der Waals surface area contributed by atoms with Crippen molar-refractivity contribution in [2.45, 2.75) is 25.8 Å². The molecule has 3 rings (SSSR count). The lowest BCUT2D eigenvalue weighted by Gasteiger charge is -2.20. The highest BCUT2D eigenvalue weighted by Gasteiger charge is 2.33. The second kappa shape index (κ2) is 4.94. The van der Waals surface area contributed by atoms with E-state index in [1.54, 1.807) is 0 Å². The number of aryl methyl sites for hydroxylation is 1. The molecular weight excluding hydrogens is 262 g/mol. The van der Waals surface area contributed by atoms with Crippen molar-refractivity contribution < 1.29 is 0 Å². The maximum atomic E-state index is 6.00. The Morgan fingerprint density at radius 3 is 2.78 bits per heavy atom.